The Labute approximate surface area is 238 Å². The van der Waals surface area contributed by atoms with E-state index in [0.29, 0.717) is 6.42 Å². The van der Waals surface area contributed by atoms with Gasteiger partial charge in [0.25, 0.3) is 0 Å². The van der Waals surface area contributed by atoms with Gasteiger partial charge in [0.1, 0.15) is 0 Å². The summed E-state index contributed by atoms with van der Waals surface area (Å²) in [6, 6.07) is 21.1. The van der Waals surface area contributed by atoms with E-state index in [0.717, 1.165) is 71.5 Å². The summed E-state index contributed by atoms with van der Waals surface area (Å²) in [6.45, 7) is 2.22. The molecule has 2 rings (SSSR count). The van der Waals surface area contributed by atoms with E-state index in [4.69, 9.17) is 10.2 Å². The predicted molar refractivity (Wildman–Crippen MR) is 132 cm³/mol. The van der Waals surface area contributed by atoms with Crippen LogP contribution in [-0.2, 0) is 61.8 Å². The molecular weight excluding hydrogens is 801 g/mol. The van der Waals surface area contributed by atoms with Gasteiger partial charge < -0.3 is 10.2 Å². The molecule has 0 heterocycles. The van der Waals surface area contributed by atoms with Crippen molar-refractivity contribution in [3.8, 4) is 0 Å². The number of benzene rings is 2. The van der Waals surface area contributed by atoms with Crippen molar-refractivity contribution in [2.45, 2.75) is 84.0 Å². The summed E-state index contributed by atoms with van der Waals surface area (Å²) in [6.07, 6.45) is 12.2. The molecule has 0 aliphatic rings. The number of aliphatic carboxylic acids is 2. The van der Waals surface area contributed by atoms with Gasteiger partial charge in [-0.05, 0) is 6.42 Å². The molecule has 6 heteroatoms. The van der Waals surface area contributed by atoms with Crippen molar-refractivity contribution in [2.24, 2.45) is 5.92 Å². The van der Waals surface area contributed by atoms with Gasteiger partial charge in [0.2, 0.25) is 0 Å². The summed E-state index contributed by atoms with van der Waals surface area (Å²) in [5.41, 5.74) is 0. The summed E-state index contributed by atoms with van der Waals surface area (Å²) < 4.78 is 3.03. The SMILES string of the molecule is CCCCCCCCCCCCC(CC(=O)O)C(=O)O.[Hg][c]1ccccc1.[Hg][c]1ccccc1. The third-order valence-corrected chi connectivity index (χ3v) is 9.03. The Balaban J connectivity index is 0.000000619. The first kappa shape index (κ1) is 33.3. The first-order chi connectivity index (χ1) is 16.4. The molecule has 0 aromatic heterocycles. The van der Waals surface area contributed by atoms with Crippen molar-refractivity contribution in [1.82, 2.24) is 0 Å². The van der Waals surface area contributed by atoms with Crippen LogP contribution in [0, 0.1) is 5.92 Å². The number of hydrogen-bond acceptors (Lipinski definition) is 2. The minimum atomic E-state index is -1.02. The Bertz CT molecular complexity index is 701. The average molecular weight is 842 g/mol. The molecule has 34 heavy (non-hydrogen) atoms. The summed E-state index contributed by atoms with van der Waals surface area (Å²) >= 11 is 1.62. The van der Waals surface area contributed by atoms with Gasteiger partial charge in [-0.2, -0.15) is 0 Å². The molecule has 0 saturated heterocycles. The number of rotatable bonds is 14. The Kier molecular flexibility index (Phi) is 23.4. The quantitative estimate of drug-likeness (QED) is 0.176. The molecule has 0 radical (unpaired) electrons. The van der Waals surface area contributed by atoms with E-state index in [1.165, 1.54) is 51.1 Å². The van der Waals surface area contributed by atoms with E-state index in [9.17, 15) is 9.59 Å². The van der Waals surface area contributed by atoms with Crippen LogP contribution in [0.1, 0.15) is 84.0 Å². The fraction of sp³-hybridized carbons (Fsp3) is 0.500. The summed E-state index contributed by atoms with van der Waals surface area (Å²) in [5.74, 6) is -2.73. The van der Waals surface area contributed by atoms with Crippen molar-refractivity contribution in [2.75, 3.05) is 0 Å². The van der Waals surface area contributed by atoms with E-state index in [1.807, 2.05) is 0 Å². The van der Waals surface area contributed by atoms with Gasteiger partial charge in [-0.15, -0.1) is 0 Å². The fourth-order valence-corrected chi connectivity index (χ4v) is 5.47. The Hall–Kier alpha value is -0.750. The van der Waals surface area contributed by atoms with Crippen LogP contribution in [0.5, 0.6) is 0 Å². The first-order valence-electron chi connectivity index (χ1n) is 12.5. The Morgan fingerprint density at radius 3 is 1.35 bits per heavy atom. The molecule has 180 valence electrons. The van der Waals surface area contributed by atoms with Crippen molar-refractivity contribution in [1.29, 1.82) is 0 Å². The normalized spacial score (nSPS) is 10.9. The molecule has 0 aliphatic heterocycles. The molecule has 0 saturated carbocycles. The molecule has 1 unspecified atom stereocenters. The van der Waals surface area contributed by atoms with Gasteiger partial charge in [0.05, 0.1) is 12.3 Å². The van der Waals surface area contributed by atoms with Gasteiger partial charge in [-0.1, -0.05) is 71.1 Å². The van der Waals surface area contributed by atoms with E-state index < -0.39 is 17.9 Å². The minimum absolute atomic E-state index is 0.257. The molecular formula is C28H40Hg2O4. The number of carboxylic acid groups (broad SMARTS) is 2. The van der Waals surface area contributed by atoms with Gasteiger partial charge >= 0.3 is 131 Å². The van der Waals surface area contributed by atoms with Crippen LogP contribution in [-0.4, -0.2) is 22.2 Å². The predicted octanol–water partition coefficient (Wildman–Crippen LogP) is 6.19. The molecule has 1 atom stereocenters. The van der Waals surface area contributed by atoms with Crippen LogP contribution in [0.2, 0.25) is 0 Å². The Morgan fingerprint density at radius 1 is 0.676 bits per heavy atom. The molecule has 2 aromatic carbocycles. The third-order valence-electron chi connectivity index (χ3n) is 5.36. The maximum absolute atomic E-state index is 10.9. The molecule has 2 N–H and O–H groups in total. The van der Waals surface area contributed by atoms with Crippen molar-refractivity contribution < 1.29 is 72.0 Å². The van der Waals surface area contributed by atoms with Crippen LogP contribution in [0.15, 0.2) is 60.7 Å². The summed E-state index contributed by atoms with van der Waals surface area (Å²) in [4.78, 5) is 21.4. The van der Waals surface area contributed by atoms with Crippen molar-refractivity contribution in [3.05, 3.63) is 60.7 Å². The van der Waals surface area contributed by atoms with Gasteiger partial charge in [0.15, 0.2) is 0 Å². The van der Waals surface area contributed by atoms with Gasteiger partial charge in [-0.3, -0.25) is 9.59 Å². The molecule has 0 aliphatic carbocycles. The van der Waals surface area contributed by atoms with Crippen LogP contribution < -0.4 is 6.14 Å². The topological polar surface area (TPSA) is 74.6 Å². The molecule has 0 bridgehead atoms. The van der Waals surface area contributed by atoms with E-state index in [-0.39, 0.29) is 6.42 Å². The second kappa shape index (κ2) is 24.0. The maximum atomic E-state index is 10.9. The monoisotopic (exact) mass is 844 g/mol. The zero-order valence-electron chi connectivity index (χ0n) is 21.0. The Morgan fingerprint density at radius 2 is 1.06 bits per heavy atom. The molecule has 0 amide bonds. The standard InChI is InChI=1S/C16H30O4.2C6H5.2Hg/c1-2-3-4-5-6-7-8-9-10-11-12-14(16(19)20)13-15(17)18;2*1-2-4-6-5-3-1;;/h14H,2-13H2,1H3,(H,17,18)(H,19,20);2*1-5H;;. The fourth-order valence-electron chi connectivity index (χ4n) is 3.36. The van der Waals surface area contributed by atoms with Crippen LogP contribution in [0.3, 0.4) is 0 Å². The number of carbonyl (C=O) groups is 2. The van der Waals surface area contributed by atoms with Crippen LogP contribution in [0.25, 0.3) is 0 Å². The van der Waals surface area contributed by atoms with Gasteiger partial charge in [0, 0.05) is 0 Å². The third kappa shape index (κ3) is 23.0. The molecule has 4 nitrogen and oxygen atoms in total. The number of carboxylic acids is 2. The second-order valence-corrected chi connectivity index (χ2v) is 14.9. The zero-order valence-corrected chi connectivity index (χ0v) is 32.0. The van der Waals surface area contributed by atoms with Crippen molar-refractivity contribution in [3.63, 3.8) is 0 Å². The molecule has 2 aromatic rings. The van der Waals surface area contributed by atoms with E-state index in [1.54, 1.807) is 0 Å². The van der Waals surface area contributed by atoms with Crippen LogP contribution in [0.4, 0.5) is 0 Å². The number of unbranched alkanes of at least 4 members (excludes halogenated alkanes) is 9. The van der Waals surface area contributed by atoms with Gasteiger partial charge in [-0.25, -0.2) is 0 Å². The average Bonchev–Trinajstić information content (AvgIpc) is 2.81. The molecule has 0 spiro atoms. The van der Waals surface area contributed by atoms with Crippen molar-refractivity contribution >= 4 is 18.1 Å². The van der Waals surface area contributed by atoms with E-state index >= 15 is 0 Å². The first-order valence-corrected chi connectivity index (χ1v) is 18.0. The second-order valence-electron chi connectivity index (χ2n) is 8.57. The summed E-state index contributed by atoms with van der Waals surface area (Å²) in [5, 5.41) is 17.5. The number of hydrogen-bond donors (Lipinski definition) is 2. The zero-order chi connectivity index (χ0) is 25.4. The van der Waals surface area contributed by atoms with E-state index in [2.05, 4.69) is 67.6 Å². The molecule has 0 fully saturated rings. The summed E-state index contributed by atoms with van der Waals surface area (Å²) in [7, 11) is 0. The van der Waals surface area contributed by atoms with Crippen LogP contribution >= 0.6 is 0 Å².